The number of H-pyrrole nitrogens is 1. The molecule has 1 atom stereocenters. The molecule has 0 unspecified atom stereocenters. The molecule has 0 bridgehead atoms. The molecule has 1 rings (SSSR count). The van der Waals surface area contributed by atoms with Crippen LogP contribution in [0.2, 0.25) is 0 Å². The molecule has 0 aliphatic heterocycles. The summed E-state index contributed by atoms with van der Waals surface area (Å²) >= 11 is 0.975. The van der Waals surface area contributed by atoms with Gasteiger partial charge < -0.3 is 15.0 Å². The number of rotatable bonds is 4. The van der Waals surface area contributed by atoms with Crippen LogP contribution in [0.15, 0.2) is 10.2 Å². The molecule has 0 saturated carbocycles. The van der Waals surface area contributed by atoms with Crippen molar-refractivity contribution in [3.05, 3.63) is 20.7 Å². The first-order valence-corrected chi connectivity index (χ1v) is 6.21. The van der Waals surface area contributed by atoms with Gasteiger partial charge in [0.15, 0.2) is 0 Å². The molecule has 0 spiro atoms. The predicted octanol–water partition coefficient (Wildman–Crippen LogP) is 1.23. The molecule has 1 amide bonds. The van der Waals surface area contributed by atoms with Gasteiger partial charge in [-0.15, -0.1) is 0 Å². The maximum atomic E-state index is 11.7. The lowest BCUT2D eigenvalue weighted by Crippen LogP contribution is -2.40. The molecule has 1 heterocycles. The lowest BCUT2D eigenvalue weighted by molar-refractivity contribution is 0.0175. The largest absolute Gasteiger partial charge is 0.379 e. The van der Waals surface area contributed by atoms with Gasteiger partial charge >= 0.3 is 4.87 Å². The van der Waals surface area contributed by atoms with Crippen LogP contribution in [0.3, 0.4) is 0 Å². The van der Waals surface area contributed by atoms with E-state index in [9.17, 15) is 9.59 Å². The molecule has 1 aromatic heterocycles. The summed E-state index contributed by atoms with van der Waals surface area (Å²) in [6.45, 7) is 6.54. The lowest BCUT2D eigenvalue weighted by Gasteiger charge is -2.29. The first-order chi connectivity index (χ1) is 7.84. The van der Waals surface area contributed by atoms with E-state index in [-0.39, 0.29) is 22.3 Å². The SMILES string of the molecule is CO[C@@H](CNC(=O)c1csc(=O)[nH]1)C(C)(C)C. The molecule has 0 radical (unpaired) electrons. The molecular weight excluding hydrogens is 240 g/mol. The normalized spacial score (nSPS) is 13.4. The van der Waals surface area contributed by atoms with Crippen LogP contribution in [0.25, 0.3) is 0 Å². The molecule has 96 valence electrons. The van der Waals surface area contributed by atoms with Gasteiger partial charge in [-0.1, -0.05) is 32.1 Å². The third-order valence-corrected chi connectivity index (χ3v) is 3.13. The van der Waals surface area contributed by atoms with Crippen LogP contribution in [-0.4, -0.2) is 30.6 Å². The number of thiazole rings is 1. The Morgan fingerprint density at radius 1 is 1.59 bits per heavy atom. The Morgan fingerprint density at radius 2 is 2.24 bits per heavy atom. The number of amides is 1. The molecule has 5 nitrogen and oxygen atoms in total. The highest BCUT2D eigenvalue weighted by atomic mass is 32.1. The van der Waals surface area contributed by atoms with Crippen molar-refractivity contribution in [1.82, 2.24) is 10.3 Å². The third kappa shape index (κ3) is 3.98. The van der Waals surface area contributed by atoms with Crippen molar-refractivity contribution in [1.29, 1.82) is 0 Å². The highest BCUT2D eigenvalue weighted by Crippen LogP contribution is 2.20. The standard InChI is InChI=1S/C11H18N2O3S/c1-11(2,3)8(16-4)5-12-9(14)7-6-17-10(15)13-7/h6,8H,5H2,1-4H3,(H,12,14)(H,13,15)/t8-/m0/s1. The van der Waals surface area contributed by atoms with Crippen molar-refractivity contribution in [3.8, 4) is 0 Å². The summed E-state index contributed by atoms with van der Waals surface area (Å²) in [6.07, 6.45) is -0.0724. The van der Waals surface area contributed by atoms with Crippen molar-refractivity contribution in [2.45, 2.75) is 26.9 Å². The maximum Gasteiger partial charge on any atom is 0.305 e. The number of aromatic nitrogens is 1. The Balaban J connectivity index is 2.56. The number of carbonyl (C=O) groups is 1. The predicted molar refractivity (Wildman–Crippen MR) is 67.5 cm³/mol. The summed E-state index contributed by atoms with van der Waals surface area (Å²) in [5, 5.41) is 4.25. The van der Waals surface area contributed by atoms with Crippen LogP contribution in [0, 0.1) is 5.41 Å². The van der Waals surface area contributed by atoms with E-state index in [4.69, 9.17) is 4.74 Å². The fourth-order valence-electron chi connectivity index (χ4n) is 1.42. The summed E-state index contributed by atoms with van der Waals surface area (Å²) in [6, 6.07) is 0. The number of hydrogen-bond acceptors (Lipinski definition) is 4. The summed E-state index contributed by atoms with van der Waals surface area (Å²) in [7, 11) is 1.62. The van der Waals surface area contributed by atoms with E-state index in [1.807, 2.05) is 20.8 Å². The average molecular weight is 258 g/mol. The van der Waals surface area contributed by atoms with Crippen molar-refractivity contribution >= 4 is 17.2 Å². The highest BCUT2D eigenvalue weighted by Gasteiger charge is 2.24. The number of nitrogens with one attached hydrogen (secondary N) is 2. The maximum absolute atomic E-state index is 11.7. The molecule has 0 saturated heterocycles. The van der Waals surface area contributed by atoms with Gasteiger partial charge in [0.2, 0.25) is 0 Å². The molecule has 0 aliphatic rings. The second-order valence-electron chi connectivity index (χ2n) is 4.86. The average Bonchev–Trinajstić information content (AvgIpc) is 2.63. The Hall–Kier alpha value is -1.14. The van der Waals surface area contributed by atoms with E-state index in [1.54, 1.807) is 7.11 Å². The zero-order chi connectivity index (χ0) is 13.1. The zero-order valence-electron chi connectivity index (χ0n) is 10.5. The molecule has 1 aromatic rings. The number of methoxy groups -OCH3 is 1. The van der Waals surface area contributed by atoms with Crippen LogP contribution in [0.1, 0.15) is 31.3 Å². The summed E-state index contributed by atoms with van der Waals surface area (Å²) in [4.78, 5) is 24.8. The van der Waals surface area contributed by atoms with E-state index in [0.717, 1.165) is 11.3 Å². The fourth-order valence-corrected chi connectivity index (χ4v) is 1.98. The Bertz CT molecular complexity index is 430. The zero-order valence-corrected chi connectivity index (χ0v) is 11.3. The van der Waals surface area contributed by atoms with Crippen LogP contribution in [0.5, 0.6) is 0 Å². The molecule has 0 aromatic carbocycles. The molecule has 0 fully saturated rings. The second-order valence-corrected chi connectivity index (χ2v) is 5.70. The van der Waals surface area contributed by atoms with Crippen LogP contribution in [-0.2, 0) is 4.74 Å². The van der Waals surface area contributed by atoms with E-state index in [1.165, 1.54) is 5.38 Å². The Morgan fingerprint density at radius 3 is 2.65 bits per heavy atom. The van der Waals surface area contributed by atoms with Gasteiger partial charge in [-0.2, -0.15) is 0 Å². The molecule has 2 N–H and O–H groups in total. The first kappa shape index (κ1) is 13.9. The van der Waals surface area contributed by atoms with Crippen molar-refractivity contribution in [2.24, 2.45) is 5.41 Å². The minimum absolute atomic E-state index is 0.0515. The first-order valence-electron chi connectivity index (χ1n) is 5.33. The summed E-state index contributed by atoms with van der Waals surface area (Å²) in [5.41, 5.74) is 0.244. The fraction of sp³-hybridized carbons (Fsp3) is 0.636. The quantitative estimate of drug-likeness (QED) is 0.853. The van der Waals surface area contributed by atoms with E-state index >= 15 is 0 Å². The van der Waals surface area contributed by atoms with E-state index in [2.05, 4.69) is 10.3 Å². The summed E-state index contributed by atoms with van der Waals surface area (Å²) in [5.74, 6) is -0.283. The number of carbonyl (C=O) groups excluding carboxylic acids is 1. The Kier molecular flexibility index (Phi) is 4.47. The van der Waals surface area contributed by atoms with Gasteiger partial charge in [0.05, 0.1) is 6.10 Å². The van der Waals surface area contributed by atoms with Crippen molar-refractivity contribution in [2.75, 3.05) is 13.7 Å². The highest BCUT2D eigenvalue weighted by molar-refractivity contribution is 7.07. The monoisotopic (exact) mass is 258 g/mol. The Labute approximate surface area is 104 Å². The summed E-state index contributed by atoms with van der Waals surface area (Å²) < 4.78 is 5.32. The molecule has 6 heteroatoms. The van der Waals surface area contributed by atoms with Gasteiger partial charge in [0, 0.05) is 19.0 Å². The number of hydrogen-bond donors (Lipinski definition) is 2. The van der Waals surface area contributed by atoms with Gasteiger partial charge in [-0.25, -0.2) is 0 Å². The van der Waals surface area contributed by atoms with E-state index < -0.39 is 0 Å². The molecule has 17 heavy (non-hydrogen) atoms. The van der Waals surface area contributed by atoms with Crippen LogP contribution in [0.4, 0.5) is 0 Å². The van der Waals surface area contributed by atoms with Gasteiger partial charge in [0.1, 0.15) is 5.69 Å². The smallest absolute Gasteiger partial charge is 0.305 e. The lowest BCUT2D eigenvalue weighted by atomic mass is 9.89. The topological polar surface area (TPSA) is 71.2 Å². The number of ether oxygens (including phenoxy) is 1. The van der Waals surface area contributed by atoms with Gasteiger partial charge in [-0.3, -0.25) is 9.59 Å². The van der Waals surface area contributed by atoms with E-state index in [0.29, 0.717) is 12.2 Å². The van der Waals surface area contributed by atoms with Crippen molar-refractivity contribution < 1.29 is 9.53 Å². The molecule has 0 aliphatic carbocycles. The van der Waals surface area contributed by atoms with Crippen LogP contribution < -0.4 is 10.2 Å². The van der Waals surface area contributed by atoms with Gasteiger partial charge in [0.25, 0.3) is 5.91 Å². The minimum atomic E-state index is -0.283. The number of aromatic amines is 1. The molecular formula is C11H18N2O3S. The van der Waals surface area contributed by atoms with Crippen LogP contribution >= 0.6 is 11.3 Å². The minimum Gasteiger partial charge on any atom is -0.379 e. The third-order valence-electron chi connectivity index (χ3n) is 2.46. The second kappa shape index (κ2) is 5.46. The van der Waals surface area contributed by atoms with Crippen molar-refractivity contribution in [3.63, 3.8) is 0 Å². The van der Waals surface area contributed by atoms with Gasteiger partial charge in [-0.05, 0) is 5.41 Å².